The lowest BCUT2D eigenvalue weighted by atomic mass is 9.94. The van der Waals surface area contributed by atoms with E-state index in [0.717, 1.165) is 62.1 Å². The van der Waals surface area contributed by atoms with E-state index in [1.807, 2.05) is 59.5 Å². The maximum absolute atomic E-state index is 13.6. The van der Waals surface area contributed by atoms with Crippen LogP contribution in [0.5, 0.6) is 0 Å². The highest BCUT2D eigenvalue weighted by molar-refractivity contribution is 6.00. The number of hydrogen-bond donors (Lipinski definition) is 1. The molecule has 0 saturated carbocycles. The predicted octanol–water partition coefficient (Wildman–Crippen LogP) is 5.16. The summed E-state index contributed by atoms with van der Waals surface area (Å²) in [6.07, 6.45) is 3.43. The van der Waals surface area contributed by atoms with Crippen LogP contribution < -0.4 is 10.2 Å². The molecule has 5 heteroatoms. The summed E-state index contributed by atoms with van der Waals surface area (Å²) in [6.45, 7) is 5.12. The molecule has 3 aromatic rings. The number of carbonyl (C=O) groups excluding carboxylic acids is 2. The summed E-state index contributed by atoms with van der Waals surface area (Å²) in [5, 5.41) is 3.30. The largest absolute Gasteiger partial charge is 0.371 e. The van der Waals surface area contributed by atoms with E-state index in [4.69, 9.17) is 0 Å². The molecule has 0 aromatic heterocycles. The fraction of sp³-hybridized carbons (Fsp3) is 0.355. The molecule has 0 unspecified atom stereocenters. The molecule has 5 rings (SSSR count). The normalized spacial score (nSPS) is 16.8. The van der Waals surface area contributed by atoms with Crippen LogP contribution in [0.2, 0.25) is 0 Å². The number of rotatable bonds is 6. The van der Waals surface area contributed by atoms with Gasteiger partial charge in [0.25, 0.3) is 5.91 Å². The van der Waals surface area contributed by atoms with Crippen LogP contribution in [0.1, 0.15) is 59.2 Å². The average molecular weight is 482 g/mol. The molecule has 2 aliphatic rings. The SMILES string of the molecule is CC[C@H](C(=O)NC1CCN(c2ccccc2C(=O)N2CCc3ccccc3C2)CC1)c1ccccc1. The van der Waals surface area contributed by atoms with Gasteiger partial charge in [-0.05, 0) is 54.5 Å². The molecule has 0 spiro atoms. The van der Waals surface area contributed by atoms with E-state index in [1.165, 1.54) is 11.1 Å². The van der Waals surface area contributed by atoms with E-state index in [0.29, 0.717) is 6.54 Å². The van der Waals surface area contributed by atoms with Crippen LogP contribution in [0.4, 0.5) is 5.69 Å². The minimum absolute atomic E-state index is 0.101. The number of fused-ring (bicyclic) bond motifs is 1. The lowest BCUT2D eigenvalue weighted by Crippen LogP contribution is -2.46. The van der Waals surface area contributed by atoms with Gasteiger partial charge in [-0.3, -0.25) is 9.59 Å². The number of nitrogens with one attached hydrogen (secondary N) is 1. The van der Waals surface area contributed by atoms with E-state index in [1.54, 1.807) is 0 Å². The molecule has 0 bridgehead atoms. The van der Waals surface area contributed by atoms with E-state index in [2.05, 4.69) is 41.4 Å². The van der Waals surface area contributed by atoms with Gasteiger partial charge >= 0.3 is 0 Å². The third-order valence-electron chi connectivity index (χ3n) is 7.66. The number of para-hydroxylation sites is 1. The van der Waals surface area contributed by atoms with Crippen molar-refractivity contribution in [3.05, 3.63) is 101 Å². The van der Waals surface area contributed by atoms with Gasteiger partial charge in [0.1, 0.15) is 0 Å². The van der Waals surface area contributed by atoms with Crippen molar-refractivity contribution in [3.8, 4) is 0 Å². The van der Waals surface area contributed by atoms with Gasteiger partial charge in [0, 0.05) is 37.9 Å². The molecule has 0 radical (unpaired) electrons. The Morgan fingerprint density at radius 1 is 0.861 bits per heavy atom. The molecular weight excluding hydrogens is 446 g/mol. The van der Waals surface area contributed by atoms with E-state index in [9.17, 15) is 9.59 Å². The van der Waals surface area contributed by atoms with Crippen molar-refractivity contribution >= 4 is 17.5 Å². The van der Waals surface area contributed by atoms with Crippen LogP contribution in [0.3, 0.4) is 0 Å². The number of amides is 2. The Kier molecular flexibility index (Phi) is 7.36. The van der Waals surface area contributed by atoms with Crippen molar-refractivity contribution in [3.63, 3.8) is 0 Å². The van der Waals surface area contributed by atoms with Gasteiger partial charge in [-0.15, -0.1) is 0 Å². The maximum atomic E-state index is 13.6. The molecule has 1 saturated heterocycles. The van der Waals surface area contributed by atoms with Crippen LogP contribution >= 0.6 is 0 Å². The second kappa shape index (κ2) is 11.0. The van der Waals surface area contributed by atoms with E-state index < -0.39 is 0 Å². The van der Waals surface area contributed by atoms with Crippen LogP contribution in [0.15, 0.2) is 78.9 Å². The van der Waals surface area contributed by atoms with Gasteiger partial charge in [-0.2, -0.15) is 0 Å². The number of nitrogens with zero attached hydrogens (tertiary/aromatic N) is 2. The van der Waals surface area contributed by atoms with Gasteiger partial charge in [-0.25, -0.2) is 0 Å². The quantitative estimate of drug-likeness (QED) is 0.529. The first-order chi connectivity index (χ1) is 17.6. The number of anilines is 1. The summed E-state index contributed by atoms with van der Waals surface area (Å²) in [5.74, 6) is 0.101. The molecule has 36 heavy (non-hydrogen) atoms. The maximum Gasteiger partial charge on any atom is 0.256 e. The van der Waals surface area contributed by atoms with Gasteiger partial charge in [0.15, 0.2) is 0 Å². The molecule has 2 heterocycles. The summed E-state index contributed by atoms with van der Waals surface area (Å²) in [7, 11) is 0. The first-order valence-electron chi connectivity index (χ1n) is 13.2. The molecule has 5 nitrogen and oxygen atoms in total. The minimum Gasteiger partial charge on any atom is -0.371 e. The summed E-state index contributed by atoms with van der Waals surface area (Å²) < 4.78 is 0. The molecule has 2 amide bonds. The second-order valence-corrected chi connectivity index (χ2v) is 9.90. The molecule has 2 aliphatic heterocycles. The fourth-order valence-electron chi connectivity index (χ4n) is 5.59. The number of carbonyl (C=O) groups is 2. The molecule has 3 aromatic carbocycles. The number of hydrogen-bond acceptors (Lipinski definition) is 3. The van der Waals surface area contributed by atoms with Crippen molar-refractivity contribution in [2.24, 2.45) is 0 Å². The molecule has 1 fully saturated rings. The van der Waals surface area contributed by atoms with Gasteiger partial charge in [-0.1, -0.05) is 73.7 Å². The Morgan fingerprint density at radius 2 is 1.53 bits per heavy atom. The molecule has 0 aliphatic carbocycles. The van der Waals surface area contributed by atoms with Gasteiger partial charge in [0.2, 0.25) is 5.91 Å². The van der Waals surface area contributed by atoms with Crippen LogP contribution in [0, 0.1) is 0 Å². The van der Waals surface area contributed by atoms with Crippen molar-refractivity contribution in [2.75, 3.05) is 24.5 Å². The molecule has 1 atom stereocenters. The van der Waals surface area contributed by atoms with Gasteiger partial charge in [0.05, 0.1) is 11.5 Å². The Bertz CT molecular complexity index is 1200. The number of benzene rings is 3. The predicted molar refractivity (Wildman–Crippen MR) is 144 cm³/mol. The number of piperidine rings is 1. The summed E-state index contributed by atoms with van der Waals surface area (Å²) in [6, 6.07) is 26.6. The fourth-order valence-corrected chi connectivity index (χ4v) is 5.59. The first-order valence-corrected chi connectivity index (χ1v) is 13.2. The standard InChI is InChI=1S/C31H35N3O2/c1-2-27(24-11-4-3-5-12-24)30(35)32-26-17-20-33(21-18-26)29-15-9-8-14-28(29)31(36)34-19-16-23-10-6-7-13-25(23)22-34/h3-15,26-27H,2,16-22H2,1H3,(H,32,35)/t27-/m0/s1. The topological polar surface area (TPSA) is 52.7 Å². The Labute approximate surface area is 214 Å². The smallest absolute Gasteiger partial charge is 0.256 e. The van der Waals surface area contributed by atoms with Crippen molar-refractivity contribution in [2.45, 2.75) is 51.1 Å². The Hall–Kier alpha value is -3.60. The zero-order chi connectivity index (χ0) is 24.9. The lowest BCUT2D eigenvalue weighted by molar-refractivity contribution is -0.123. The highest BCUT2D eigenvalue weighted by Gasteiger charge is 2.28. The third-order valence-corrected chi connectivity index (χ3v) is 7.66. The third kappa shape index (κ3) is 5.15. The minimum atomic E-state index is -0.114. The summed E-state index contributed by atoms with van der Waals surface area (Å²) >= 11 is 0. The summed E-state index contributed by atoms with van der Waals surface area (Å²) in [4.78, 5) is 30.9. The zero-order valence-electron chi connectivity index (χ0n) is 21.0. The molecule has 1 N–H and O–H groups in total. The molecular formula is C31H35N3O2. The lowest BCUT2D eigenvalue weighted by Gasteiger charge is -2.36. The second-order valence-electron chi connectivity index (χ2n) is 9.90. The zero-order valence-corrected chi connectivity index (χ0v) is 21.0. The highest BCUT2D eigenvalue weighted by Crippen LogP contribution is 2.28. The van der Waals surface area contributed by atoms with Gasteiger partial charge < -0.3 is 15.1 Å². The Morgan fingerprint density at radius 3 is 2.28 bits per heavy atom. The van der Waals surface area contributed by atoms with Crippen LogP contribution in [-0.4, -0.2) is 42.4 Å². The van der Waals surface area contributed by atoms with E-state index >= 15 is 0 Å². The first kappa shape index (κ1) is 24.1. The Balaban J connectivity index is 1.22. The highest BCUT2D eigenvalue weighted by atomic mass is 16.2. The van der Waals surface area contributed by atoms with Crippen molar-refractivity contribution in [1.82, 2.24) is 10.2 Å². The van der Waals surface area contributed by atoms with Crippen molar-refractivity contribution < 1.29 is 9.59 Å². The monoisotopic (exact) mass is 481 g/mol. The molecule has 186 valence electrons. The summed E-state index contributed by atoms with van der Waals surface area (Å²) in [5.41, 5.74) is 5.43. The average Bonchev–Trinajstić information content (AvgIpc) is 2.94. The van der Waals surface area contributed by atoms with Crippen LogP contribution in [-0.2, 0) is 17.8 Å². The van der Waals surface area contributed by atoms with Crippen LogP contribution in [0.25, 0.3) is 0 Å². The van der Waals surface area contributed by atoms with E-state index in [-0.39, 0.29) is 23.8 Å². The van der Waals surface area contributed by atoms with Crippen molar-refractivity contribution in [1.29, 1.82) is 0 Å².